The molecule has 1 aliphatic carbocycles. The van der Waals surface area contributed by atoms with Gasteiger partial charge >= 0.3 is 0 Å². The molecule has 0 radical (unpaired) electrons. The second kappa shape index (κ2) is 6.37. The molecule has 1 saturated carbocycles. The Kier molecular flexibility index (Phi) is 5.03. The van der Waals surface area contributed by atoms with Crippen molar-refractivity contribution in [2.75, 3.05) is 0 Å². The maximum absolute atomic E-state index is 12.4. The molecule has 0 aliphatic heterocycles. The molecule has 2 rings (SSSR count). The first-order valence-electron chi connectivity index (χ1n) is 6.77. The van der Waals surface area contributed by atoms with Gasteiger partial charge in [-0.3, -0.25) is 0 Å². The summed E-state index contributed by atoms with van der Waals surface area (Å²) < 4.78 is 28.4. The molecule has 2 unspecified atom stereocenters. The van der Waals surface area contributed by atoms with Crippen molar-refractivity contribution in [2.45, 2.75) is 50.0 Å². The molecule has 0 spiro atoms. The van der Waals surface area contributed by atoms with Gasteiger partial charge in [-0.15, -0.1) is 0 Å². The fourth-order valence-electron chi connectivity index (χ4n) is 2.57. The van der Waals surface area contributed by atoms with E-state index in [9.17, 15) is 8.42 Å². The molecule has 1 N–H and O–H groups in total. The van der Waals surface area contributed by atoms with Gasteiger partial charge in [-0.1, -0.05) is 48.2 Å². The van der Waals surface area contributed by atoms with Crippen LogP contribution in [0.2, 0.25) is 0 Å². The molecular formula is C14H20BrNO2S. The third kappa shape index (κ3) is 4.04. The highest BCUT2D eigenvalue weighted by Gasteiger charge is 2.25. The van der Waals surface area contributed by atoms with Gasteiger partial charge in [-0.05, 0) is 37.0 Å². The van der Waals surface area contributed by atoms with E-state index in [2.05, 4.69) is 27.6 Å². The molecule has 0 aromatic heterocycles. The minimum atomic E-state index is -3.41. The smallest absolute Gasteiger partial charge is 0.208 e. The molecule has 0 saturated heterocycles. The fraction of sp³-hybridized carbons (Fsp3) is 0.571. The third-order valence-electron chi connectivity index (χ3n) is 3.77. The maximum Gasteiger partial charge on any atom is 0.240 e. The molecule has 19 heavy (non-hydrogen) atoms. The normalized spacial score (nSPS) is 24.9. The summed E-state index contributed by atoms with van der Waals surface area (Å²) in [6.07, 6.45) is 5.56. The van der Waals surface area contributed by atoms with Gasteiger partial charge in [0.25, 0.3) is 0 Å². The van der Waals surface area contributed by atoms with Gasteiger partial charge in [0, 0.05) is 10.5 Å². The number of hydrogen-bond acceptors (Lipinski definition) is 2. The summed E-state index contributed by atoms with van der Waals surface area (Å²) in [5.74, 6) is 0.407. The number of rotatable bonds is 3. The Morgan fingerprint density at radius 3 is 2.68 bits per heavy atom. The number of nitrogens with one attached hydrogen (secondary N) is 1. The van der Waals surface area contributed by atoms with Crippen LogP contribution in [0.25, 0.3) is 0 Å². The lowest BCUT2D eigenvalue weighted by atomic mass is 9.98. The van der Waals surface area contributed by atoms with E-state index in [0.29, 0.717) is 10.8 Å². The summed E-state index contributed by atoms with van der Waals surface area (Å²) in [7, 11) is -3.41. The lowest BCUT2D eigenvalue weighted by molar-refractivity contribution is 0.399. The van der Waals surface area contributed by atoms with E-state index >= 15 is 0 Å². The predicted octanol–water partition coefficient (Wildman–Crippen LogP) is 3.70. The Hall–Kier alpha value is -0.390. The highest BCUT2D eigenvalue weighted by atomic mass is 79.9. The number of benzene rings is 1. The molecule has 0 amide bonds. The fourth-order valence-corrected chi connectivity index (χ4v) is 4.55. The monoisotopic (exact) mass is 345 g/mol. The molecular weight excluding hydrogens is 326 g/mol. The van der Waals surface area contributed by atoms with Crippen LogP contribution in [0.4, 0.5) is 0 Å². The minimum Gasteiger partial charge on any atom is -0.208 e. The topological polar surface area (TPSA) is 46.2 Å². The van der Waals surface area contributed by atoms with Gasteiger partial charge in [-0.2, -0.15) is 0 Å². The third-order valence-corrected chi connectivity index (χ3v) is 5.76. The van der Waals surface area contributed by atoms with Crippen molar-refractivity contribution in [3.05, 3.63) is 28.7 Å². The average molecular weight is 346 g/mol. The Labute approximate surface area is 124 Å². The number of hydrogen-bond donors (Lipinski definition) is 1. The Morgan fingerprint density at radius 2 is 1.95 bits per heavy atom. The summed E-state index contributed by atoms with van der Waals surface area (Å²) in [6, 6.07) is 6.91. The molecule has 2 atom stereocenters. The highest BCUT2D eigenvalue weighted by molar-refractivity contribution is 9.10. The number of sulfonamides is 1. The highest BCUT2D eigenvalue weighted by Crippen LogP contribution is 2.25. The minimum absolute atomic E-state index is 0.0616. The summed E-state index contributed by atoms with van der Waals surface area (Å²) in [5.41, 5.74) is 0. The largest absolute Gasteiger partial charge is 0.240 e. The van der Waals surface area contributed by atoms with Gasteiger partial charge in [-0.25, -0.2) is 13.1 Å². The maximum atomic E-state index is 12.4. The molecule has 3 nitrogen and oxygen atoms in total. The quantitative estimate of drug-likeness (QED) is 0.849. The molecule has 1 aliphatic rings. The van der Waals surface area contributed by atoms with Crippen molar-refractivity contribution in [3.63, 3.8) is 0 Å². The summed E-state index contributed by atoms with van der Waals surface area (Å²) in [5, 5.41) is 0. The van der Waals surface area contributed by atoms with Crippen LogP contribution < -0.4 is 4.72 Å². The van der Waals surface area contributed by atoms with Crippen LogP contribution in [0.1, 0.15) is 39.0 Å². The first-order chi connectivity index (χ1) is 8.99. The van der Waals surface area contributed by atoms with Crippen LogP contribution in [0.5, 0.6) is 0 Å². The Bertz CT molecular complexity index is 530. The molecule has 106 valence electrons. The zero-order chi connectivity index (χ0) is 13.9. The summed E-state index contributed by atoms with van der Waals surface area (Å²) >= 11 is 3.31. The number of halogens is 1. The second-order valence-corrected chi connectivity index (χ2v) is 7.93. The van der Waals surface area contributed by atoms with E-state index < -0.39 is 10.0 Å². The van der Waals surface area contributed by atoms with Gasteiger partial charge in [0.05, 0.1) is 4.90 Å². The summed E-state index contributed by atoms with van der Waals surface area (Å²) in [6.45, 7) is 2.14. The molecule has 0 bridgehead atoms. The van der Waals surface area contributed by atoms with Crippen molar-refractivity contribution in [1.29, 1.82) is 0 Å². The van der Waals surface area contributed by atoms with Gasteiger partial charge in [0.15, 0.2) is 0 Å². The molecule has 1 aromatic carbocycles. The molecule has 5 heteroatoms. The lowest BCUT2D eigenvalue weighted by Gasteiger charge is -2.22. The van der Waals surface area contributed by atoms with E-state index in [1.165, 1.54) is 12.8 Å². The summed E-state index contributed by atoms with van der Waals surface area (Å²) in [4.78, 5) is 0.332. The molecule has 1 aromatic rings. The first-order valence-corrected chi connectivity index (χ1v) is 9.04. The van der Waals surface area contributed by atoms with Crippen LogP contribution in [0, 0.1) is 5.92 Å². The van der Waals surface area contributed by atoms with Crippen LogP contribution in [0.3, 0.4) is 0 Å². The van der Waals surface area contributed by atoms with Crippen LogP contribution >= 0.6 is 15.9 Å². The van der Waals surface area contributed by atoms with E-state index in [-0.39, 0.29) is 6.04 Å². The standard InChI is InChI=1S/C14H20BrNO2S/c1-11-6-3-2-4-9-14(11)16-19(17,18)13-8-5-7-12(15)10-13/h5,7-8,10-11,14,16H,2-4,6,9H2,1H3. The SMILES string of the molecule is CC1CCCCCC1NS(=O)(=O)c1cccc(Br)c1. The van der Waals surface area contributed by atoms with Crippen molar-refractivity contribution < 1.29 is 8.42 Å². The first kappa shape index (κ1) is 15.0. The van der Waals surface area contributed by atoms with Crippen LogP contribution in [-0.2, 0) is 10.0 Å². The van der Waals surface area contributed by atoms with E-state index in [0.717, 1.165) is 23.7 Å². The lowest BCUT2D eigenvalue weighted by Crippen LogP contribution is -2.38. The van der Waals surface area contributed by atoms with Crippen molar-refractivity contribution in [2.24, 2.45) is 5.92 Å². The Balaban J connectivity index is 2.16. The van der Waals surface area contributed by atoms with Gasteiger partial charge in [0.1, 0.15) is 0 Å². The zero-order valence-corrected chi connectivity index (χ0v) is 13.5. The van der Waals surface area contributed by atoms with E-state index in [1.807, 2.05) is 6.07 Å². The molecule has 0 heterocycles. The molecule has 1 fully saturated rings. The van der Waals surface area contributed by atoms with Gasteiger partial charge < -0.3 is 0 Å². The van der Waals surface area contributed by atoms with Crippen LogP contribution in [-0.4, -0.2) is 14.5 Å². The van der Waals surface area contributed by atoms with Crippen molar-refractivity contribution >= 4 is 26.0 Å². The zero-order valence-electron chi connectivity index (χ0n) is 11.1. The predicted molar refractivity (Wildman–Crippen MR) is 80.5 cm³/mol. The van der Waals surface area contributed by atoms with Crippen molar-refractivity contribution in [1.82, 2.24) is 4.72 Å². The van der Waals surface area contributed by atoms with Gasteiger partial charge in [0.2, 0.25) is 10.0 Å². The van der Waals surface area contributed by atoms with Crippen LogP contribution in [0.15, 0.2) is 33.6 Å². The second-order valence-electron chi connectivity index (χ2n) is 5.30. The van der Waals surface area contributed by atoms with E-state index in [1.54, 1.807) is 18.2 Å². The Morgan fingerprint density at radius 1 is 1.21 bits per heavy atom. The average Bonchev–Trinajstić information content (AvgIpc) is 2.55. The van der Waals surface area contributed by atoms with Crippen molar-refractivity contribution in [3.8, 4) is 0 Å². The van der Waals surface area contributed by atoms with E-state index in [4.69, 9.17) is 0 Å².